The van der Waals surface area contributed by atoms with Crippen LogP contribution in [-0.2, 0) is 10.9 Å². The number of halogens is 4. The number of alkyl halides is 3. The van der Waals surface area contributed by atoms with Crippen LogP contribution in [-0.4, -0.2) is 70.5 Å². The van der Waals surface area contributed by atoms with Gasteiger partial charge in [0.15, 0.2) is 17.5 Å². The molecule has 0 spiro atoms. The summed E-state index contributed by atoms with van der Waals surface area (Å²) in [6.45, 7) is 4.21. The summed E-state index contributed by atoms with van der Waals surface area (Å²) in [6, 6.07) is 1.21. The van der Waals surface area contributed by atoms with Crippen molar-refractivity contribution >= 4 is 17.5 Å². The summed E-state index contributed by atoms with van der Waals surface area (Å²) in [6.07, 6.45) is -2.73. The van der Waals surface area contributed by atoms with Crippen molar-refractivity contribution in [1.29, 1.82) is 0 Å². The Morgan fingerprint density at radius 1 is 1.10 bits per heavy atom. The Bertz CT molecular complexity index is 918. The van der Waals surface area contributed by atoms with Gasteiger partial charge in [0.2, 0.25) is 5.82 Å². The molecule has 4 heterocycles. The highest BCUT2D eigenvalue weighted by Gasteiger charge is 2.35. The van der Waals surface area contributed by atoms with Gasteiger partial charge in [-0.05, 0) is 12.8 Å². The third-order valence-electron chi connectivity index (χ3n) is 5.67. The van der Waals surface area contributed by atoms with Gasteiger partial charge >= 0.3 is 6.18 Å². The van der Waals surface area contributed by atoms with Crippen LogP contribution in [0.2, 0.25) is 0 Å². The van der Waals surface area contributed by atoms with Crippen molar-refractivity contribution < 1.29 is 22.3 Å². The number of H-pyrrole nitrogens is 1. The van der Waals surface area contributed by atoms with Crippen molar-refractivity contribution in [2.24, 2.45) is 0 Å². The number of hydrogen-bond donors (Lipinski definition) is 2. The molecule has 3 aliphatic rings. The van der Waals surface area contributed by atoms with Crippen LogP contribution in [0.1, 0.15) is 30.3 Å². The van der Waals surface area contributed by atoms with Gasteiger partial charge in [0.05, 0.1) is 19.3 Å². The first-order valence-corrected chi connectivity index (χ1v) is 9.92. The van der Waals surface area contributed by atoms with Crippen LogP contribution >= 0.6 is 0 Å². The Kier molecular flexibility index (Phi) is 4.77. The van der Waals surface area contributed by atoms with Crippen molar-refractivity contribution in [1.82, 2.24) is 25.1 Å². The first kappa shape index (κ1) is 19.5. The number of aromatic nitrogens is 4. The molecule has 0 unspecified atom stereocenters. The number of hydrogen-bond acceptors (Lipinski definition) is 7. The lowest BCUT2D eigenvalue weighted by molar-refractivity contribution is -0.141. The van der Waals surface area contributed by atoms with Gasteiger partial charge < -0.3 is 15.0 Å². The second-order valence-electron chi connectivity index (χ2n) is 7.85. The molecule has 0 radical (unpaired) electrons. The van der Waals surface area contributed by atoms with E-state index in [2.05, 4.69) is 25.3 Å². The van der Waals surface area contributed by atoms with Crippen molar-refractivity contribution in [3.05, 3.63) is 23.4 Å². The van der Waals surface area contributed by atoms with Crippen molar-refractivity contribution in [3.63, 3.8) is 0 Å². The summed E-state index contributed by atoms with van der Waals surface area (Å²) < 4.78 is 58.9. The zero-order chi connectivity index (χ0) is 20.9. The smallest absolute Gasteiger partial charge is 0.378 e. The molecule has 2 N–H and O–H groups in total. The highest BCUT2D eigenvalue weighted by Crippen LogP contribution is 2.40. The Balaban J connectivity index is 1.38. The number of nitrogens with one attached hydrogen (secondary N) is 2. The van der Waals surface area contributed by atoms with E-state index in [9.17, 15) is 13.2 Å². The third kappa shape index (κ3) is 3.81. The number of aromatic amines is 1. The molecule has 30 heavy (non-hydrogen) atoms. The number of rotatable bonds is 5. The highest BCUT2D eigenvalue weighted by atomic mass is 19.4. The second-order valence-corrected chi connectivity index (χ2v) is 7.85. The van der Waals surface area contributed by atoms with Crippen LogP contribution in [0.5, 0.6) is 0 Å². The molecule has 162 valence electrons. The lowest BCUT2D eigenvalue weighted by Gasteiger charge is -2.42. The Morgan fingerprint density at radius 2 is 1.83 bits per heavy atom. The van der Waals surface area contributed by atoms with E-state index in [0.29, 0.717) is 25.0 Å². The molecule has 0 bridgehead atoms. The van der Waals surface area contributed by atoms with Crippen molar-refractivity contribution in [2.75, 3.05) is 49.6 Å². The van der Waals surface area contributed by atoms with Crippen molar-refractivity contribution in [2.45, 2.75) is 31.0 Å². The predicted octanol–water partition coefficient (Wildman–Crippen LogP) is 2.50. The molecule has 0 aromatic carbocycles. The Labute approximate surface area is 169 Å². The van der Waals surface area contributed by atoms with E-state index >= 15 is 4.39 Å². The molecule has 0 amide bonds. The average Bonchev–Trinajstić information content (AvgIpc) is 3.40. The monoisotopic (exact) mass is 427 g/mol. The average molecular weight is 427 g/mol. The number of piperazine rings is 1. The van der Waals surface area contributed by atoms with Crippen molar-refractivity contribution in [3.8, 4) is 0 Å². The standard InChI is InChI=1S/C18H21F4N7O/c19-14-16(23-13-7-12(26-27-13)18(20,21)22)24-15(10-1-2-10)25-17(14)29-5-3-28(4-6-29)11-8-30-9-11/h7,10-11H,1-6,8-9H2,(H2,23,24,25,26,27). The first-order valence-electron chi connectivity index (χ1n) is 9.92. The molecule has 2 aromatic heterocycles. The Morgan fingerprint density at radius 3 is 2.40 bits per heavy atom. The van der Waals surface area contributed by atoms with Gasteiger partial charge in [-0.3, -0.25) is 10.00 Å². The van der Waals surface area contributed by atoms with Crippen LogP contribution < -0.4 is 10.2 Å². The summed E-state index contributed by atoms with van der Waals surface area (Å²) in [7, 11) is 0. The summed E-state index contributed by atoms with van der Waals surface area (Å²) >= 11 is 0. The van der Waals surface area contributed by atoms with Gasteiger partial charge in [-0.1, -0.05) is 0 Å². The van der Waals surface area contributed by atoms with Crippen LogP contribution in [0, 0.1) is 5.82 Å². The minimum absolute atomic E-state index is 0.151. The number of ether oxygens (including phenoxy) is 1. The van der Waals surface area contributed by atoms with E-state index in [1.165, 1.54) is 0 Å². The van der Waals surface area contributed by atoms with Gasteiger partial charge in [0.25, 0.3) is 0 Å². The van der Waals surface area contributed by atoms with Gasteiger partial charge in [-0.2, -0.15) is 22.7 Å². The maximum atomic E-state index is 15.3. The van der Waals surface area contributed by atoms with Gasteiger partial charge in [-0.15, -0.1) is 0 Å². The van der Waals surface area contributed by atoms with E-state index in [0.717, 1.165) is 45.2 Å². The van der Waals surface area contributed by atoms with Crippen LogP contribution in [0.25, 0.3) is 0 Å². The minimum atomic E-state index is -4.56. The van der Waals surface area contributed by atoms with Crippen LogP contribution in [0.15, 0.2) is 6.07 Å². The SMILES string of the molecule is Fc1c(Nc2cc(C(F)(F)F)[nH]n2)nc(C2CC2)nc1N1CCN(C2COC2)CC1. The normalized spacial score (nSPS) is 21.0. The lowest BCUT2D eigenvalue weighted by Crippen LogP contribution is -2.56. The number of anilines is 3. The zero-order valence-corrected chi connectivity index (χ0v) is 16.0. The fourth-order valence-electron chi connectivity index (χ4n) is 3.65. The maximum absolute atomic E-state index is 15.3. The highest BCUT2D eigenvalue weighted by molar-refractivity contribution is 5.59. The van der Waals surface area contributed by atoms with Gasteiger partial charge in [-0.25, -0.2) is 9.97 Å². The molecule has 3 fully saturated rings. The lowest BCUT2D eigenvalue weighted by atomic mass is 10.2. The van der Waals surface area contributed by atoms with Gasteiger partial charge in [0.1, 0.15) is 11.5 Å². The summed E-state index contributed by atoms with van der Waals surface area (Å²) in [5.41, 5.74) is -1.02. The fourth-order valence-corrected chi connectivity index (χ4v) is 3.65. The molecule has 2 aromatic rings. The molecule has 2 saturated heterocycles. The van der Waals surface area contributed by atoms with E-state index < -0.39 is 17.7 Å². The molecule has 1 saturated carbocycles. The minimum Gasteiger partial charge on any atom is -0.378 e. The zero-order valence-electron chi connectivity index (χ0n) is 16.0. The fraction of sp³-hybridized carbons (Fsp3) is 0.611. The van der Waals surface area contributed by atoms with Gasteiger partial charge in [0, 0.05) is 38.2 Å². The van der Waals surface area contributed by atoms with Crippen LogP contribution in [0.4, 0.5) is 35.0 Å². The molecule has 0 atom stereocenters. The molecule has 2 aliphatic heterocycles. The third-order valence-corrected chi connectivity index (χ3v) is 5.67. The van der Waals surface area contributed by atoms with E-state index in [1.807, 2.05) is 10.00 Å². The molecule has 5 rings (SSSR count). The first-order chi connectivity index (χ1) is 14.4. The second kappa shape index (κ2) is 7.34. The van der Waals surface area contributed by atoms with E-state index in [4.69, 9.17) is 4.74 Å². The number of nitrogens with zero attached hydrogens (tertiary/aromatic N) is 5. The quantitative estimate of drug-likeness (QED) is 0.710. The van der Waals surface area contributed by atoms with E-state index in [-0.39, 0.29) is 23.4 Å². The molecule has 1 aliphatic carbocycles. The molecule has 12 heteroatoms. The molecular formula is C18H21F4N7O. The maximum Gasteiger partial charge on any atom is 0.432 e. The topological polar surface area (TPSA) is 82.2 Å². The summed E-state index contributed by atoms with van der Waals surface area (Å²) in [5.74, 6) is -0.139. The Hall–Kier alpha value is -2.47. The molecular weight excluding hydrogens is 406 g/mol. The van der Waals surface area contributed by atoms with E-state index in [1.54, 1.807) is 0 Å². The predicted molar refractivity (Wildman–Crippen MR) is 99.2 cm³/mol. The van der Waals surface area contributed by atoms with Crippen LogP contribution in [0.3, 0.4) is 0 Å². The summed E-state index contributed by atoms with van der Waals surface area (Å²) in [4.78, 5) is 12.9. The summed E-state index contributed by atoms with van der Waals surface area (Å²) in [5, 5.41) is 8.08. The molecule has 8 nitrogen and oxygen atoms in total. The largest absolute Gasteiger partial charge is 0.432 e.